The summed E-state index contributed by atoms with van der Waals surface area (Å²) in [4.78, 5) is 72.7. The summed E-state index contributed by atoms with van der Waals surface area (Å²) >= 11 is 0. The molecule has 0 unspecified atom stereocenters. The Bertz CT molecular complexity index is 1470. The van der Waals surface area contributed by atoms with Gasteiger partial charge >= 0.3 is 5.97 Å². The molecule has 1 saturated carbocycles. The molecule has 7 rings (SSSR count). The summed E-state index contributed by atoms with van der Waals surface area (Å²) in [6, 6.07) is 13.3. The molecule has 4 atom stereocenters. The molecule has 10 heteroatoms. The van der Waals surface area contributed by atoms with Crippen molar-refractivity contribution < 1.29 is 38.2 Å². The van der Waals surface area contributed by atoms with Crippen LogP contribution in [-0.4, -0.2) is 49.4 Å². The van der Waals surface area contributed by atoms with Crippen LogP contribution in [0.4, 0.5) is 11.4 Å². The van der Waals surface area contributed by atoms with E-state index in [1.807, 2.05) is 13.8 Å². The van der Waals surface area contributed by atoms with Crippen molar-refractivity contribution in [1.82, 2.24) is 0 Å². The van der Waals surface area contributed by atoms with E-state index in [2.05, 4.69) is 0 Å². The Hall–Kier alpha value is -4.47. The standard InChI is InChI=1S/C33H34N2O8/c1-6-41-20-13-9-18(10-14-20)34-28(36)23-22-17(4)25(32(40)43-8-3)33(5,26(23)30(34)38)27-24(22)29(37)35(31(27)39)19-11-15-21(16-12-19)42-7-2/h9-16,22-24,26-27H,6-8H2,1-5H3/t22?,23-,24-,26+,27+,33?/m0/s1. The molecule has 3 fully saturated rings. The van der Waals surface area contributed by atoms with Gasteiger partial charge in [0.2, 0.25) is 23.6 Å². The van der Waals surface area contributed by atoms with Crippen LogP contribution in [0.15, 0.2) is 59.7 Å². The first kappa shape index (κ1) is 28.6. The molecule has 224 valence electrons. The minimum Gasteiger partial charge on any atom is -0.494 e. The quantitative estimate of drug-likeness (QED) is 0.337. The molecule has 5 aliphatic rings. The molecule has 43 heavy (non-hydrogen) atoms. The SMILES string of the molecule is CCOC(=O)C1=C(C)C2[C@@H]3C(=O)N(c4ccc(OCC)cc4)C(=O)[C@@H]3C1(C)[C@H]1C(=O)N(c3ccc(OCC)cc3)C(=O)[C@@H]21. The topological polar surface area (TPSA) is 120 Å². The van der Waals surface area contributed by atoms with Gasteiger partial charge in [-0.1, -0.05) is 12.5 Å². The number of hydrogen-bond donors (Lipinski definition) is 0. The zero-order valence-corrected chi connectivity index (χ0v) is 24.8. The van der Waals surface area contributed by atoms with Crippen molar-refractivity contribution in [3.05, 3.63) is 59.7 Å². The number of imide groups is 2. The number of benzene rings is 2. The Morgan fingerprint density at radius 3 is 1.47 bits per heavy atom. The van der Waals surface area contributed by atoms with Gasteiger partial charge in [-0.2, -0.15) is 0 Å². The van der Waals surface area contributed by atoms with E-state index in [4.69, 9.17) is 14.2 Å². The van der Waals surface area contributed by atoms with E-state index in [9.17, 15) is 24.0 Å². The first-order valence-corrected chi connectivity index (χ1v) is 14.7. The Labute approximate surface area is 249 Å². The molecule has 2 saturated heterocycles. The molecule has 0 aromatic heterocycles. The Kier molecular flexibility index (Phi) is 6.90. The van der Waals surface area contributed by atoms with Crippen molar-refractivity contribution in [2.45, 2.75) is 34.6 Å². The van der Waals surface area contributed by atoms with Crippen molar-refractivity contribution in [3.63, 3.8) is 0 Å². The highest BCUT2D eigenvalue weighted by atomic mass is 16.5. The lowest BCUT2D eigenvalue weighted by Crippen LogP contribution is -2.61. The van der Waals surface area contributed by atoms with E-state index in [-0.39, 0.29) is 12.2 Å². The highest BCUT2D eigenvalue weighted by molar-refractivity contribution is 6.27. The predicted molar refractivity (Wildman–Crippen MR) is 155 cm³/mol. The van der Waals surface area contributed by atoms with Crippen LogP contribution < -0.4 is 19.3 Å². The molecule has 2 heterocycles. The molecule has 0 radical (unpaired) electrons. The van der Waals surface area contributed by atoms with Gasteiger partial charge in [-0.15, -0.1) is 0 Å². The van der Waals surface area contributed by atoms with Crippen molar-refractivity contribution in [3.8, 4) is 11.5 Å². The van der Waals surface area contributed by atoms with Gasteiger partial charge < -0.3 is 14.2 Å². The summed E-state index contributed by atoms with van der Waals surface area (Å²) in [6.45, 7) is 9.80. The number of rotatable bonds is 8. The number of amides is 4. The average Bonchev–Trinajstić information content (AvgIpc) is 3.40. The molecular formula is C33H34N2O8. The van der Waals surface area contributed by atoms with Crippen LogP contribution in [0.1, 0.15) is 34.6 Å². The van der Waals surface area contributed by atoms with Gasteiger partial charge in [-0.3, -0.25) is 29.0 Å². The minimum atomic E-state index is -1.46. The third kappa shape index (κ3) is 3.88. The second-order valence-electron chi connectivity index (χ2n) is 11.5. The number of carbonyl (C=O) groups is 5. The molecule has 2 aromatic carbocycles. The zero-order valence-electron chi connectivity index (χ0n) is 24.8. The number of allylic oxidation sites excluding steroid dienone is 1. The van der Waals surface area contributed by atoms with E-state index >= 15 is 0 Å². The normalized spacial score (nSPS) is 29.3. The number of carbonyl (C=O) groups excluding carboxylic acids is 5. The van der Waals surface area contributed by atoms with Crippen molar-refractivity contribution in [1.29, 1.82) is 0 Å². The molecular weight excluding hydrogens is 552 g/mol. The first-order chi connectivity index (χ1) is 20.6. The van der Waals surface area contributed by atoms with Gasteiger partial charge in [0.15, 0.2) is 0 Å². The lowest BCUT2D eigenvalue weighted by atomic mass is 9.43. The van der Waals surface area contributed by atoms with Crippen molar-refractivity contribution in [2.75, 3.05) is 29.6 Å². The highest BCUT2D eigenvalue weighted by Gasteiger charge is 2.77. The number of nitrogens with zero attached hydrogens (tertiary/aromatic N) is 2. The smallest absolute Gasteiger partial charge is 0.334 e. The Morgan fingerprint density at radius 2 is 1.09 bits per heavy atom. The van der Waals surface area contributed by atoms with Crippen molar-refractivity contribution >= 4 is 41.0 Å². The highest BCUT2D eigenvalue weighted by Crippen LogP contribution is 2.68. The van der Waals surface area contributed by atoms with Gasteiger partial charge in [0.05, 0.1) is 54.9 Å². The summed E-state index contributed by atoms with van der Waals surface area (Å²) in [7, 11) is 0. The van der Waals surface area contributed by atoms with E-state index in [0.717, 1.165) is 9.80 Å². The van der Waals surface area contributed by atoms with Gasteiger partial charge in [0.1, 0.15) is 11.5 Å². The van der Waals surface area contributed by atoms with Gasteiger partial charge in [0.25, 0.3) is 0 Å². The van der Waals surface area contributed by atoms with Crippen LogP contribution in [0, 0.1) is 35.0 Å². The molecule has 0 N–H and O–H groups in total. The fraction of sp³-hybridized carbons (Fsp3) is 0.424. The third-order valence-corrected chi connectivity index (χ3v) is 9.49. The molecule has 2 aliphatic heterocycles. The van der Waals surface area contributed by atoms with Crippen molar-refractivity contribution in [2.24, 2.45) is 35.0 Å². The predicted octanol–water partition coefficient (Wildman–Crippen LogP) is 3.92. The van der Waals surface area contributed by atoms with Crippen LogP contribution in [0.2, 0.25) is 0 Å². The van der Waals surface area contributed by atoms with Crippen LogP contribution in [-0.2, 0) is 28.7 Å². The number of anilines is 2. The second kappa shape index (κ2) is 10.4. The molecule has 10 nitrogen and oxygen atoms in total. The summed E-state index contributed by atoms with van der Waals surface area (Å²) < 4.78 is 16.5. The van der Waals surface area contributed by atoms with Crippen LogP contribution in [0.25, 0.3) is 0 Å². The summed E-state index contributed by atoms with van der Waals surface area (Å²) in [6.07, 6.45) is 0. The molecule has 2 aromatic rings. The lowest BCUT2D eigenvalue weighted by molar-refractivity contribution is -0.155. The van der Waals surface area contributed by atoms with Gasteiger partial charge in [0, 0.05) is 16.9 Å². The maximum Gasteiger partial charge on any atom is 0.334 e. The Balaban J connectivity index is 1.47. The van der Waals surface area contributed by atoms with Gasteiger partial charge in [-0.25, -0.2) is 4.79 Å². The molecule has 3 aliphatic carbocycles. The number of hydrogen-bond acceptors (Lipinski definition) is 8. The molecule has 2 bridgehead atoms. The first-order valence-electron chi connectivity index (χ1n) is 14.7. The largest absolute Gasteiger partial charge is 0.494 e. The summed E-state index contributed by atoms with van der Waals surface area (Å²) in [5, 5.41) is 0. The van der Waals surface area contributed by atoms with Gasteiger partial charge in [-0.05, 0) is 76.2 Å². The average molecular weight is 587 g/mol. The molecule has 0 spiro atoms. The Morgan fingerprint density at radius 1 is 0.674 bits per heavy atom. The van der Waals surface area contributed by atoms with E-state index in [0.29, 0.717) is 41.7 Å². The lowest BCUT2D eigenvalue weighted by Gasteiger charge is -2.55. The fourth-order valence-corrected chi connectivity index (χ4v) is 8.03. The summed E-state index contributed by atoms with van der Waals surface area (Å²) in [5.41, 5.74) is 0.00837. The summed E-state index contributed by atoms with van der Waals surface area (Å²) in [5.74, 6) is -6.07. The van der Waals surface area contributed by atoms with E-state index in [1.54, 1.807) is 69.3 Å². The van der Waals surface area contributed by atoms with E-state index in [1.165, 1.54) is 0 Å². The molecule has 4 amide bonds. The fourth-order valence-electron chi connectivity index (χ4n) is 8.03. The number of ether oxygens (including phenoxy) is 3. The minimum absolute atomic E-state index is 0.0922. The van der Waals surface area contributed by atoms with E-state index < -0.39 is 64.6 Å². The maximum atomic E-state index is 14.3. The monoisotopic (exact) mass is 586 g/mol. The zero-order chi connectivity index (χ0) is 30.8. The van der Waals surface area contributed by atoms with Crippen LogP contribution in [0.3, 0.4) is 0 Å². The van der Waals surface area contributed by atoms with Crippen LogP contribution in [0.5, 0.6) is 11.5 Å². The van der Waals surface area contributed by atoms with Crippen LogP contribution >= 0.6 is 0 Å². The maximum absolute atomic E-state index is 14.3. The number of esters is 1. The second-order valence-corrected chi connectivity index (χ2v) is 11.5. The third-order valence-electron chi connectivity index (χ3n) is 9.49.